The fraction of sp³-hybridized carbons (Fsp3) is 0.158. The van der Waals surface area contributed by atoms with Crippen LogP contribution in [0.2, 0.25) is 5.02 Å². The third kappa shape index (κ3) is 2.64. The Morgan fingerprint density at radius 1 is 1.12 bits per heavy atom. The first-order valence-electron chi connectivity index (χ1n) is 8.04. The van der Waals surface area contributed by atoms with Gasteiger partial charge in [0.2, 0.25) is 0 Å². The van der Waals surface area contributed by atoms with Crippen molar-refractivity contribution in [1.29, 1.82) is 0 Å². The number of carbonyl (C=O) groups is 1. The van der Waals surface area contributed by atoms with Crippen molar-refractivity contribution in [3.63, 3.8) is 0 Å². The predicted octanol–water partition coefficient (Wildman–Crippen LogP) is 5.27. The van der Waals surface area contributed by atoms with Crippen LogP contribution < -0.4 is 0 Å². The molecule has 0 spiro atoms. The highest BCUT2D eigenvalue weighted by Gasteiger charge is 2.22. The summed E-state index contributed by atoms with van der Waals surface area (Å²) in [5.74, 6) is 0. The maximum absolute atomic E-state index is 11.9. The van der Waals surface area contributed by atoms with Crippen LogP contribution >= 0.6 is 23.4 Å². The third-order valence-electron chi connectivity index (χ3n) is 4.15. The maximum atomic E-state index is 11.9. The van der Waals surface area contributed by atoms with E-state index in [0.29, 0.717) is 5.02 Å². The molecule has 0 amide bonds. The highest BCUT2D eigenvalue weighted by molar-refractivity contribution is 8.13. The van der Waals surface area contributed by atoms with Gasteiger partial charge < -0.3 is 4.57 Å². The molecule has 0 aliphatic heterocycles. The van der Waals surface area contributed by atoms with E-state index >= 15 is 0 Å². The summed E-state index contributed by atoms with van der Waals surface area (Å²) in [5.41, 5.74) is 4.85. The summed E-state index contributed by atoms with van der Waals surface area (Å²) in [6, 6.07) is 15.7. The Kier molecular flexibility index (Phi) is 4.06. The first-order valence-corrected chi connectivity index (χ1v) is 9.24. The molecule has 2 heterocycles. The summed E-state index contributed by atoms with van der Waals surface area (Å²) in [7, 11) is 0. The van der Waals surface area contributed by atoms with Gasteiger partial charge in [-0.3, -0.25) is 4.79 Å². The van der Waals surface area contributed by atoms with E-state index in [1.54, 1.807) is 6.92 Å². The van der Waals surface area contributed by atoms with Gasteiger partial charge in [-0.25, -0.2) is 4.52 Å². The van der Waals surface area contributed by atoms with E-state index in [2.05, 4.69) is 23.6 Å². The van der Waals surface area contributed by atoms with Crippen molar-refractivity contribution in [2.75, 3.05) is 0 Å². The number of para-hydroxylation sites is 2. The summed E-state index contributed by atoms with van der Waals surface area (Å²) in [6.45, 7) is 4.48. The van der Waals surface area contributed by atoms with Gasteiger partial charge in [0.05, 0.1) is 15.9 Å². The van der Waals surface area contributed by atoms with Crippen LogP contribution in [0.15, 0.2) is 53.4 Å². The van der Waals surface area contributed by atoms with E-state index in [1.165, 1.54) is 11.8 Å². The minimum absolute atomic E-state index is 0.0398. The molecule has 4 nitrogen and oxygen atoms in total. The van der Waals surface area contributed by atoms with E-state index < -0.39 is 0 Å². The Morgan fingerprint density at radius 3 is 2.44 bits per heavy atom. The molecule has 0 N–H and O–H groups in total. The van der Waals surface area contributed by atoms with Gasteiger partial charge in [0.25, 0.3) is 0 Å². The number of aryl methyl sites for hydroxylation is 1. The van der Waals surface area contributed by atoms with Crippen molar-refractivity contribution in [3.05, 3.63) is 53.6 Å². The van der Waals surface area contributed by atoms with E-state index in [0.717, 1.165) is 39.4 Å². The molecule has 0 bridgehead atoms. The average molecular weight is 370 g/mol. The van der Waals surface area contributed by atoms with E-state index in [1.807, 2.05) is 40.9 Å². The van der Waals surface area contributed by atoms with E-state index in [4.69, 9.17) is 16.7 Å². The highest BCUT2D eigenvalue weighted by Crippen LogP contribution is 2.38. The molecule has 0 aliphatic rings. The van der Waals surface area contributed by atoms with Gasteiger partial charge in [0.1, 0.15) is 5.69 Å². The summed E-state index contributed by atoms with van der Waals surface area (Å²) in [5, 5.41) is 5.56. The molecule has 2 aromatic carbocycles. The number of thioether (sulfide) groups is 1. The lowest BCUT2D eigenvalue weighted by Gasteiger charge is -2.05. The molecule has 0 unspecified atom stereocenters. The zero-order chi connectivity index (χ0) is 17.6. The average Bonchev–Trinajstić information content (AvgIpc) is 3.10. The third-order valence-corrected chi connectivity index (χ3v) is 5.27. The van der Waals surface area contributed by atoms with Crippen LogP contribution in [0.25, 0.3) is 27.9 Å². The van der Waals surface area contributed by atoms with Crippen LogP contribution in [0.1, 0.15) is 13.8 Å². The summed E-state index contributed by atoms with van der Waals surface area (Å²) in [6.07, 6.45) is 0. The maximum Gasteiger partial charge on any atom is 0.190 e. The van der Waals surface area contributed by atoms with Gasteiger partial charge in [-0.15, -0.1) is 0 Å². The Morgan fingerprint density at radius 2 is 1.80 bits per heavy atom. The van der Waals surface area contributed by atoms with Gasteiger partial charge in [-0.1, -0.05) is 35.9 Å². The monoisotopic (exact) mass is 369 g/mol. The number of hydrogen-bond donors (Lipinski definition) is 0. The fourth-order valence-corrected chi connectivity index (χ4v) is 4.10. The van der Waals surface area contributed by atoms with Crippen molar-refractivity contribution in [3.8, 4) is 11.3 Å². The molecule has 25 heavy (non-hydrogen) atoms. The highest BCUT2D eigenvalue weighted by atomic mass is 35.5. The standard InChI is InChI=1S/C19H16ClN3OS/c1-3-22-15-6-4-5-7-16(15)23-19(22)18(25-12(2)24)17(21-23)13-8-10-14(20)11-9-13/h4-11H,3H2,1-2H3. The molecule has 0 saturated heterocycles. The smallest absolute Gasteiger partial charge is 0.190 e. The van der Waals surface area contributed by atoms with Gasteiger partial charge >= 0.3 is 0 Å². The molecular formula is C19H16ClN3OS. The molecular weight excluding hydrogens is 354 g/mol. The Labute approximate surface area is 154 Å². The zero-order valence-electron chi connectivity index (χ0n) is 13.9. The van der Waals surface area contributed by atoms with Gasteiger partial charge in [-0.05, 0) is 43.0 Å². The number of benzene rings is 2. The molecule has 0 atom stereocenters. The quantitative estimate of drug-likeness (QED) is 0.462. The number of halogens is 1. The zero-order valence-corrected chi connectivity index (χ0v) is 15.4. The number of hydrogen-bond acceptors (Lipinski definition) is 3. The van der Waals surface area contributed by atoms with Gasteiger partial charge in [0.15, 0.2) is 10.8 Å². The normalized spacial score (nSPS) is 11.5. The first kappa shape index (κ1) is 16.2. The second-order valence-electron chi connectivity index (χ2n) is 5.75. The van der Waals surface area contributed by atoms with Crippen molar-refractivity contribution >= 4 is 45.2 Å². The van der Waals surface area contributed by atoms with Gasteiger partial charge in [0, 0.05) is 24.1 Å². The summed E-state index contributed by atoms with van der Waals surface area (Å²) in [4.78, 5) is 12.8. The Balaban J connectivity index is 2.09. The van der Waals surface area contributed by atoms with Crippen molar-refractivity contribution in [2.24, 2.45) is 0 Å². The van der Waals surface area contributed by atoms with Crippen LogP contribution in [0, 0.1) is 0 Å². The largest absolute Gasteiger partial charge is 0.324 e. The van der Waals surface area contributed by atoms with Crippen LogP contribution in [0.3, 0.4) is 0 Å². The molecule has 0 radical (unpaired) electrons. The number of rotatable bonds is 3. The first-order chi connectivity index (χ1) is 12.1. The fourth-order valence-electron chi connectivity index (χ4n) is 3.14. The van der Waals surface area contributed by atoms with Crippen LogP contribution in [0.4, 0.5) is 0 Å². The lowest BCUT2D eigenvalue weighted by Crippen LogP contribution is -1.95. The molecule has 4 rings (SSSR count). The number of fused-ring (bicyclic) bond motifs is 3. The molecule has 6 heteroatoms. The predicted molar refractivity (Wildman–Crippen MR) is 103 cm³/mol. The molecule has 2 aromatic heterocycles. The van der Waals surface area contributed by atoms with Crippen LogP contribution in [-0.4, -0.2) is 19.3 Å². The molecule has 126 valence electrons. The van der Waals surface area contributed by atoms with Crippen molar-refractivity contribution in [2.45, 2.75) is 25.3 Å². The number of carbonyl (C=O) groups excluding carboxylic acids is 1. The molecule has 0 saturated carbocycles. The lowest BCUT2D eigenvalue weighted by atomic mass is 10.1. The minimum Gasteiger partial charge on any atom is -0.324 e. The van der Waals surface area contributed by atoms with E-state index in [9.17, 15) is 4.79 Å². The summed E-state index contributed by atoms with van der Waals surface area (Å²) >= 11 is 7.25. The van der Waals surface area contributed by atoms with Crippen molar-refractivity contribution < 1.29 is 4.79 Å². The topological polar surface area (TPSA) is 39.3 Å². The van der Waals surface area contributed by atoms with Crippen molar-refractivity contribution in [1.82, 2.24) is 14.2 Å². The SMILES string of the molecule is CCn1c2ccccc2n2nc(-c3ccc(Cl)cc3)c(SC(C)=O)c12. The number of imidazole rings is 1. The second kappa shape index (κ2) is 6.24. The minimum atomic E-state index is 0.0398. The number of aromatic nitrogens is 3. The molecule has 0 aliphatic carbocycles. The molecule has 4 aromatic rings. The summed E-state index contributed by atoms with van der Waals surface area (Å²) < 4.78 is 4.14. The molecule has 0 fully saturated rings. The van der Waals surface area contributed by atoms with E-state index in [-0.39, 0.29) is 5.12 Å². The second-order valence-corrected chi connectivity index (χ2v) is 7.37. The number of nitrogens with zero attached hydrogens (tertiary/aromatic N) is 3. The Hall–Kier alpha value is -2.24. The van der Waals surface area contributed by atoms with Gasteiger partial charge in [-0.2, -0.15) is 5.10 Å². The Bertz CT molecular complexity index is 1100. The van der Waals surface area contributed by atoms with Crippen LogP contribution in [0.5, 0.6) is 0 Å². The van der Waals surface area contributed by atoms with Crippen LogP contribution in [-0.2, 0) is 11.3 Å². The lowest BCUT2D eigenvalue weighted by molar-refractivity contribution is -0.109.